The van der Waals surface area contributed by atoms with Gasteiger partial charge in [0.05, 0.1) is 12.8 Å². The number of esters is 1. The quantitative estimate of drug-likeness (QED) is 0.336. The third-order valence-electron chi connectivity index (χ3n) is 6.80. The van der Waals surface area contributed by atoms with E-state index in [9.17, 15) is 9.59 Å². The number of nitrogens with one attached hydrogen (secondary N) is 1. The summed E-state index contributed by atoms with van der Waals surface area (Å²) in [6.45, 7) is 1.93. The molecule has 2 aliphatic rings. The van der Waals surface area contributed by atoms with Gasteiger partial charge >= 0.3 is 5.97 Å². The van der Waals surface area contributed by atoms with E-state index in [0.717, 1.165) is 36.4 Å². The van der Waals surface area contributed by atoms with Gasteiger partial charge in [-0.25, -0.2) is 0 Å². The summed E-state index contributed by atoms with van der Waals surface area (Å²) >= 11 is 12.1. The lowest BCUT2D eigenvalue weighted by molar-refractivity contribution is -0.142. The largest absolute Gasteiger partial charge is 0.468 e. The van der Waals surface area contributed by atoms with Gasteiger partial charge in [-0.2, -0.15) is 0 Å². The smallest absolute Gasteiger partial charge is 0.324 e. The molecule has 2 heterocycles. The Morgan fingerprint density at radius 3 is 2.66 bits per heavy atom. The van der Waals surface area contributed by atoms with Crippen LogP contribution in [0.5, 0.6) is 0 Å². The molecule has 8 heteroatoms. The van der Waals surface area contributed by atoms with Crippen LogP contribution in [-0.4, -0.2) is 60.4 Å². The van der Waals surface area contributed by atoms with Crippen molar-refractivity contribution in [1.82, 2.24) is 15.2 Å². The number of piperidine rings is 1. The number of carbonyl (C=O) groups is 2. The molecule has 1 aliphatic carbocycles. The number of methoxy groups -OCH3 is 1. The third kappa shape index (κ3) is 6.05. The fraction of sp³-hybridized carbons (Fsp3) is 0.444. The maximum Gasteiger partial charge on any atom is 0.324 e. The highest BCUT2D eigenvalue weighted by atomic mass is 35.5. The average Bonchev–Trinajstić information content (AvgIpc) is 3.05. The predicted octanol–water partition coefficient (Wildman–Crippen LogP) is 4.41. The zero-order valence-electron chi connectivity index (χ0n) is 20.0. The van der Waals surface area contributed by atoms with Crippen molar-refractivity contribution in [1.29, 1.82) is 0 Å². The summed E-state index contributed by atoms with van der Waals surface area (Å²) in [6.07, 6.45) is 6.46. The summed E-state index contributed by atoms with van der Waals surface area (Å²) in [4.78, 5) is 31.2. The topological polar surface area (TPSA) is 71.5 Å². The van der Waals surface area contributed by atoms with Gasteiger partial charge < -0.3 is 15.0 Å². The molecule has 1 unspecified atom stereocenters. The highest BCUT2D eigenvalue weighted by Crippen LogP contribution is 2.38. The molecule has 2 aromatic rings. The maximum absolute atomic E-state index is 12.8. The van der Waals surface area contributed by atoms with E-state index < -0.39 is 6.04 Å². The molecule has 4 rings (SSSR count). The average molecular weight is 516 g/mol. The summed E-state index contributed by atoms with van der Waals surface area (Å²) in [6, 6.07) is 9.77. The normalized spacial score (nSPS) is 16.3. The van der Waals surface area contributed by atoms with Crippen LogP contribution in [0.25, 0.3) is 5.57 Å². The van der Waals surface area contributed by atoms with Crippen molar-refractivity contribution in [2.24, 2.45) is 0 Å². The Morgan fingerprint density at radius 1 is 1.14 bits per heavy atom. The number of benzene rings is 1. The van der Waals surface area contributed by atoms with Crippen LogP contribution in [0.3, 0.4) is 0 Å². The number of hydrogen-bond acceptors (Lipinski definition) is 5. The van der Waals surface area contributed by atoms with Gasteiger partial charge in [0, 0.05) is 42.2 Å². The number of alkyl halides is 1. The summed E-state index contributed by atoms with van der Waals surface area (Å²) < 4.78 is 4.72. The molecule has 1 aliphatic heterocycles. The number of likely N-dealkylation sites (tertiary alicyclic amines) is 1. The zero-order valence-corrected chi connectivity index (χ0v) is 21.5. The van der Waals surface area contributed by atoms with Gasteiger partial charge in [-0.1, -0.05) is 29.3 Å². The van der Waals surface area contributed by atoms with E-state index in [1.807, 2.05) is 23.2 Å². The maximum atomic E-state index is 12.8. The van der Waals surface area contributed by atoms with Crippen LogP contribution in [0.15, 0.2) is 42.1 Å². The molecule has 0 bridgehead atoms. The number of aromatic nitrogens is 1. The highest BCUT2D eigenvalue weighted by molar-refractivity contribution is 6.30. The summed E-state index contributed by atoms with van der Waals surface area (Å²) in [5.74, 6) is -0.110. The van der Waals surface area contributed by atoms with E-state index >= 15 is 0 Å². The van der Waals surface area contributed by atoms with Crippen molar-refractivity contribution in [2.75, 3.05) is 32.6 Å². The Labute approximate surface area is 216 Å². The van der Waals surface area contributed by atoms with Gasteiger partial charge in [0.15, 0.2) is 0 Å². The van der Waals surface area contributed by atoms with E-state index in [-0.39, 0.29) is 17.8 Å². The van der Waals surface area contributed by atoms with Gasteiger partial charge in [-0.05, 0) is 73.5 Å². The molecule has 0 spiro atoms. The van der Waals surface area contributed by atoms with Gasteiger partial charge in [0.25, 0.3) is 0 Å². The Balaban J connectivity index is 1.42. The number of nitrogens with zero attached hydrogens (tertiary/aromatic N) is 2. The molecule has 186 valence electrons. The summed E-state index contributed by atoms with van der Waals surface area (Å²) in [5, 5.41) is 3.81. The molecule has 0 saturated carbocycles. The van der Waals surface area contributed by atoms with Crippen molar-refractivity contribution in [2.45, 2.75) is 44.6 Å². The second kappa shape index (κ2) is 12.0. The van der Waals surface area contributed by atoms with E-state index in [0.29, 0.717) is 32.5 Å². The van der Waals surface area contributed by atoms with Crippen LogP contribution in [0.2, 0.25) is 5.02 Å². The first kappa shape index (κ1) is 25.7. The first-order valence-electron chi connectivity index (χ1n) is 12.1. The lowest BCUT2D eigenvalue weighted by Crippen LogP contribution is -2.40. The van der Waals surface area contributed by atoms with Crippen molar-refractivity contribution >= 4 is 40.7 Å². The fourth-order valence-electron chi connectivity index (χ4n) is 4.93. The van der Waals surface area contributed by atoms with E-state index in [2.05, 4.69) is 23.5 Å². The van der Waals surface area contributed by atoms with Crippen LogP contribution in [0.1, 0.15) is 48.1 Å². The molecule has 1 N–H and O–H groups in total. The first-order chi connectivity index (χ1) is 17.0. The fourth-order valence-corrected chi connectivity index (χ4v) is 5.36. The Morgan fingerprint density at radius 2 is 1.91 bits per heavy atom. The Hall–Kier alpha value is -2.41. The summed E-state index contributed by atoms with van der Waals surface area (Å²) in [5.41, 5.74) is 7.36. The van der Waals surface area contributed by atoms with Crippen molar-refractivity contribution < 1.29 is 14.3 Å². The molecule has 1 saturated heterocycles. The molecular formula is C27H31Cl2N3O3. The number of carbonyl (C=O) groups excluding carboxylic acids is 2. The molecule has 1 fully saturated rings. The number of pyridine rings is 1. The molecule has 1 aromatic heterocycles. The number of rotatable bonds is 7. The van der Waals surface area contributed by atoms with Crippen LogP contribution >= 0.6 is 23.2 Å². The minimum atomic E-state index is -0.547. The number of amides is 1. The Kier molecular flexibility index (Phi) is 8.82. The lowest BCUT2D eigenvalue weighted by Gasteiger charge is -2.30. The number of ether oxygens (including phenoxy) is 1. The van der Waals surface area contributed by atoms with E-state index in [1.165, 1.54) is 34.9 Å². The van der Waals surface area contributed by atoms with E-state index in [1.54, 1.807) is 0 Å². The summed E-state index contributed by atoms with van der Waals surface area (Å²) in [7, 11) is 1.34. The van der Waals surface area contributed by atoms with Gasteiger partial charge in [-0.3, -0.25) is 14.6 Å². The Bertz CT molecular complexity index is 1110. The second-order valence-electron chi connectivity index (χ2n) is 8.96. The minimum absolute atomic E-state index is 0.136. The SMILES string of the molecule is COC(=O)C(CCl)NCCCC(=O)N1CCC(=C2c3ccc(Cl)cc3CCc3cccnc32)CC1. The molecular weight excluding hydrogens is 485 g/mol. The van der Waals surface area contributed by atoms with E-state index in [4.69, 9.17) is 32.9 Å². The van der Waals surface area contributed by atoms with Crippen molar-refractivity contribution in [3.63, 3.8) is 0 Å². The molecule has 0 radical (unpaired) electrons. The second-order valence-corrected chi connectivity index (χ2v) is 9.70. The molecule has 1 amide bonds. The van der Waals surface area contributed by atoms with Gasteiger partial charge in [0.1, 0.15) is 6.04 Å². The third-order valence-corrected chi connectivity index (χ3v) is 7.34. The van der Waals surface area contributed by atoms with Crippen molar-refractivity contribution in [3.8, 4) is 0 Å². The first-order valence-corrected chi connectivity index (χ1v) is 13.0. The number of aryl methyl sites for hydroxylation is 2. The van der Waals surface area contributed by atoms with Crippen LogP contribution in [-0.2, 0) is 27.2 Å². The molecule has 1 atom stereocenters. The number of halogens is 2. The molecule has 35 heavy (non-hydrogen) atoms. The van der Waals surface area contributed by atoms with Crippen molar-refractivity contribution in [3.05, 3.63) is 69.5 Å². The van der Waals surface area contributed by atoms with Gasteiger partial charge in [-0.15, -0.1) is 11.6 Å². The zero-order chi connectivity index (χ0) is 24.8. The van der Waals surface area contributed by atoms with Gasteiger partial charge in [0.2, 0.25) is 5.91 Å². The standard InChI is InChI=1S/C27H31Cl2N3O3/c1-35-27(34)23(17-28)30-12-3-5-24(33)32-14-10-18(11-15-32)25-22-9-8-21(29)16-20(22)7-6-19-4-2-13-31-26(19)25/h2,4,8-9,13,16,23,30H,3,5-7,10-12,14-15,17H2,1H3. The number of hydrogen-bond donors (Lipinski definition) is 1. The monoisotopic (exact) mass is 515 g/mol. The van der Waals surface area contributed by atoms with Crippen LogP contribution in [0, 0.1) is 0 Å². The van der Waals surface area contributed by atoms with Crippen LogP contribution < -0.4 is 5.32 Å². The molecule has 1 aromatic carbocycles. The molecule has 6 nitrogen and oxygen atoms in total. The van der Waals surface area contributed by atoms with Crippen LogP contribution in [0.4, 0.5) is 0 Å². The minimum Gasteiger partial charge on any atom is -0.468 e. The lowest BCUT2D eigenvalue weighted by atomic mass is 9.88. The number of fused-ring (bicyclic) bond motifs is 2. The highest BCUT2D eigenvalue weighted by Gasteiger charge is 2.26. The predicted molar refractivity (Wildman–Crippen MR) is 139 cm³/mol.